The van der Waals surface area contributed by atoms with Gasteiger partial charge in [0.05, 0.1) is 6.61 Å². The maximum Gasteiger partial charge on any atom is 0.189 e. The Balaban J connectivity index is 1.89. The summed E-state index contributed by atoms with van der Waals surface area (Å²) in [4.78, 5) is 0. The van der Waals surface area contributed by atoms with Crippen molar-refractivity contribution in [1.82, 2.24) is 0 Å². The van der Waals surface area contributed by atoms with Crippen molar-refractivity contribution in [3.63, 3.8) is 0 Å². The monoisotopic (exact) mass is 271 g/mol. The Morgan fingerprint density at radius 1 is 1.10 bits per heavy atom. The molecule has 0 aliphatic heterocycles. The van der Waals surface area contributed by atoms with Gasteiger partial charge in [-0.15, -0.1) is 0 Å². The van der Waals surface area contributed by atoms with Crippen molar-refractivity contribution in [1.29, 1.82) is 0 Å². The van der Waals surface area contributed by atoms with Crippen LogP contribution in [0.1, 0.15) is 29.7 Å². The molecule has 0 aromatic heterocycles. The summed E-state index contributed by atoms with van der Waals surface area (Å²) < 4.78 is 11.2. The van der Waals surface area contributed by atoms with Gasteiger partial charge in [-0.2, -0.15) is 0 Å². The van der Waals surface area contributed by atoms with Crippen LogP contribution in [0.5, 0.6) is 5.75 Å². The molecule has 2 N–H and O–H groups in total. The van der Waals surface area contributed by atoms with Crippen molar-refractivity contribution in [2.24, 2.45) is 5.73 Å². The molecule has 2 rings (SSSR count). The predicted molar refractivity (Wildman–Crippen MR) is 80.5 cm³/mol. The normalized spacial score (nSPS) is 12.2. The zero-order valence-electron chi connectivity index (χ0n) is 12.0. The molecule has 2 aromatic carbocycles. The van der Waals surface area contributed by atoms with Crippen LogP contribution in [0.15, 0.2) is 48.5 Å². The number of rotatable bonds is 6. The summed E-state index contributed by atoms with van der Waals surface area (Å²) in [6, 6.07) is 16.0. The highest BCUT2D eigenvalue weighted by Crippen LogP contribution is 2.25. The van der Waals surface area contributed by atoms with Gasteiger partial charge in [-0.05, 0) is 31.0 Å². The fourth-order valence-electron chi connectivity index (χ4n) is 1.98. The van der Waals surface area contributed by atoms with Crippen molar-refractivity contribution < 1.29 is 9.47 Å². The van der Waals surface area contributed by atoms with Gasteiger partial charge in [0.15, 0.2) is 6.79 Å². The van der Waals surface area contributed by atoms with Crippen LogP contribution >= 0.6 is 0 Å². The molecule has 0 spiro atoms. The van der Waals surface area contributed by atoms with Crippen LogP contribution in [0, 0.1) is 6.92 Å². The first-order chi connectivity index (χ1) is 9.66. The molecule has 0 saturated heterocycles. The topological polar surface area (TPSA) is 44.5 Å². The number of benzene rings is 2. The number of hydrogen-bond donors (Lipinski definition) is 1. The van der Waals surface area contributed by atoms with Crippen LogP contribution in [0.3, 0.4) is 0 Å². The van der Waals surface area contributed by atoms with Crippen molar-refractivity contribution in [2.75, 3.05) is 6.79 Å². The average molecular weight is 271 g/mol. The van der Waals surface area contributed by atoms with E-state index in [4.69, 9.17) is 15.2 Å². The Morgan fingerprint density at radius 2 is 1.85 bits per heavy atom. The lowest BCUT2D eigenvalue weighted by molar-refractivity contribution is 0.00438. The number of hydrogen-bond acceptors (Lipinski definition) is 3. The van der Waals surface area contributed by atoms with Gasteiger partial charge in [-0.25, -0.2) is 0 Å². The second-order valence-electron chi connectivity index (χ2n) is 4.93. The van der Waals surface area contributed by atoms with Crippen LogP contribution in [-0.2, 0) is 11.3 Å². The fraction of sp³-hybridized carbons (Fsp3) is 0.294. The highest BCUT2D eigenvalue weighted by Gasteiger charge is 2.08. The van der Waals surface area contributed by atoms with Crippen molar-refractivity contribution in [2.45, 2.75) is 26.5 Å². The maximum absolute atomic E-state index is 5.94. The third-order valence-electron chi connectivity index (χ3n) is 3.07. The molecule has 3 heteroatoms. The zero-order valence-corrected chi connectivity index (χ0v) is 12.0. The first kappa shape index (κ1) is 14.6. The molecule has 2 aromatic rings. The first-order valence-corrected chi connectivity index (χ1v) is 6.77. The SMILES string of the molecule is Cc1ccc([C@@H](C)N)c(OCOCc2ccccc2)c1. The number of ether oxygens (including phenoxy) is 2. The third kappa shape index (κ3) is 4.08. The van der Waals surface area contributed by atoms with Gasteiger partial charge in [0.2, 0.25) is 0 Å². The molecule has 0 aliphatic carbocycles. The molecule has 0 saturated carbocycles. The van der Waals surface area contributed by atoms with E-state index in [0.717, 1.165) is 22.4 Å². The maximum atomic E-state index is 5.94. The average Bonchev–Trinajstić information content (AvgIpc) is 2.44. The summed E-state index contributed by atoms with van der Waals surface area (Å²) >= 11 is 0. The molecule has 0 fully saturated rings. The van der Waals surface area contributed by atoms with Crippen LogP contribution in [0.2, 0.25) is 0 Å². The highest BCUT2D eigenvalue weighted by atomic mass is 16.7. The smallest absolute Gasteiger partial charge is 0.189 e. The molecule has 0 heterocycles. The van der Waals surface area contributed by atoms with Crippen LogP contribution in [0.4, 0.5) is 0 Å². The summed E-state index contributed by atoms with van der Waals surface area (Å²) in [7, 11) is 0. The minimum atomic E-state index is -0.0558. The standard InChI is InChI=1S/C17H21NO2/c1-13-8-9-16(14(2)18)17(10-13)20-12-19-11-15-6-4-3-5-7-15/h3-10,14H,11-12,18H2,1-2H3/t14-/m1/s1. The zero-order chi connectivity index (χ0) is 14.4. The Bertz CT molecular complexity index is 538. The van der Waals surface area contributed by atoms with E-state index in [1.165, 1.54) is 0 Å². The van der Waals surface area contributed by atoms with E-state index >= 15 is 0 Å². The molecule has 0 radical (unpaired) electrons. The highest BCUT2D eigenvalue weighted by molar-refractivity contribution is 5.38. The van der Waals surface area contributed by atoms with Crippen LogP contribution < -0.4 is 10.5 Å². The van der Waals surface area contributed by atoms with Gasteiger partial charge in [0.25, 0.3) is 0 Å². The minimum absolute atomic E-state index is 0.0558. The summed E-state index contributed by atoms with van der Waals surface area (Å²) in [5, 5.41) is 0. The molecular weight excluding hydrogens is 250 g/mol. The molecule has 1 atom stereocenters. The Hall–Kier alpha value is -1.84. The third-order valence-corrected chi connectivity index (χ3v) is 3.07. The molecule has 20 heavy (non-hydrogen) atoms. The van der Waals surface area contributed by atoms with E-state index < -0.39 is 0 Å². The second-order valence-corrected chi connectivity index (χ2v) is 4.93. The lowest BCUT2D eigenvalue weighted by Crippen LogP contribution is -2.10. The van der Waals surface area contributed by atoms with E-state index in [2.05, 4.69) is 0 Å². The van der Waals surface area contributed by atoms with Gasteiger partial charge in [-0.1, -0.05) is 42.5 Å². The molecular formula is C17H21NO2. The largest absolute Gasteiger partial charge is 0.467 e. The Labute approximate surface area is 120 Å². The molecule has 0 aliphatic rings. The summed E-state index contributed by atoms with van der Waals surface area (Å²) in [6.07, 6.45) is 0. The molecule has 106 valence electrons. The van der Waals surface area contributed by atoms with Gasteiger partial charge in [0.1, 0.15) is 5.75 Å². The summed E-state index contributed by atoms with van der Waals surface area (Å²) in [5.41, 5.74) is 9.22. The Kier molecular flexibility index (Phi) is 5.16. The lowest BCUT2D eigenvalue weighted by Gasteiger charge is -2.15. The van der Waals surface area contributed by atoms with Crippen molar-refractivity contribution in [3.05, 3.63) is 65.2 Å². The first-order valence-electron chi connectivity index (χ1n) is 6.77. The molecule has 0 amide bonds. The Morgan fingerprint density at radius 3 is 2.55 bits per heavy atom. The van der Waals surface area contributed by atoms with Crippen molar-refractivity contribution >= 4 is 0 Å². The summed E-state index contributed by atoms with van der Waals surface area (Å²) in [5.74, 6) is 0.799. The van der Waals surface area contributed by atoms with Gasteiger partial charge >= 0.3 is 0 Å². The van der Waals surface area contributed by atoms with E-state index in [0.29, 0.717) is 6.61 Å². The van der Waals surface area contributed by atoms with Crippen LogP contribution in [0.25, 0.3) is 0 Å². The molecule has 0 unspecified atom stereocenters. The molecule has 0 bridgehead atoms. The van der Waals surface area contributed by atoms with E-state index in [1.807, 2.05) is 62.4 Å². The quantitative estimate of drug-likeness (QED) is 0.645. The van der Waals surface area contributed by atoms with Gasteiger partial charge < -0.3 is 15.2 Å². The number of nitrogens with two attached hydrogens (primary N) is 1. The van der Waals surface area contributed by atoms with Crippen molar-refractivity contribution in [3.8, 4) is 5.75 Å². The lowest BCUT2D eigenvalue weighted by atomic mass is 10.1. The van der Waals surface area contributed by atoms with E-state index in [-0.39, 0.29) is 12.8 Å². The number of aryl methyl sites for hydroxylation is 1. The molecule has 3 nitrogen and oxygen atoms in total. The van der Waals surface area contributed by atoms with E-state index in [9.17, 15) is 0 Å². The van der Waals surface area contributed by atoms with Gasteiger partial charge in [0, 0.05) is 11.6 Å². The fourth-order valence-corrected chi connectivity index (χ4v) is 1.98. The summed E-state index contributed by atoms with van der Waals surface area (Å²) in [6.45, 7) is 4.74. The minimum Gasteiger partial charge on any atom is -0.467 e. The van der Waals surface area contributed by atoms with E-state index in [1.54, 1.807) is 0 Å². The second kappa shape index (κ2) is 7.08. The predicted octanol–water partition coefficient (Wildman–Crippen LogP) is 3.57. The van der Waals surface area contributed by atoms with Gasteiger partial charge in [-0.3, -0.25) is 0 Å². The van der Waals surface area contributed by atoms with Crippen LogP contribution in [-0.4, -0.2) is 6.79 Å².